The molecule has 0 aromatic carbocycles. The van der Waals surface area contributed by atoms with Crippen LogP contribution in [-0.2, 0) is 0 Å². The normalized spacial score (nSPS) is 22.0. The molecule has 0 bridgehead atoms. The van der Waals surface area contributed by atoms with Crippen LogP contribution in [0, 0.1) is 16.0 Å². The van der Waals surface area contributed by atoms with E-state index in [9.17, 15) is 20.0 Å². The molecule has 0 saturated carbocycles. The number of rotatable bonds is 3. The Hall–Kier alpha value is -2.22. The highest BCUT2D eigenvalue weighted by molar-refractivity contribution is 5.98. The van der Waals surface area contributed by atoms with Crippen molar-refractivity contribution in [2.75, 3.05) is 25.5 Å². The lowest BCUT2D eigenvalue weighted by atomic mass is 9.96. The number of amides is 1. The number of hydrogen-bond donors (Lipinski definition) is 2. The van der Waals surface area contributed by atoms with E-state index in [1.807, 2.05) is 6.92 Å². The van der Waals surface area contributed by atoms with Crippen molar-refractivity contribution in [3.63, 3.8) is 0 Å². The van der Waals surface area contributed by atoms with E-state index in [2.05, 4.69) is 10.3 Å². The van der Waals surface area contributed by atoms with E-state index < -0.39 is 16.9 Å². The summed E-state index contributed by atoms with van der Waals surface area (Å²) < 4.78 is 0. The molecular formula is C13H18N4O4. The molecule has 1 aliphatic rings. The maximum Gasteiger partial charge on any atom is 0.300 e. The van der Waals surface area contributed by atoms with Crippen LogP contribution in [0.25, 0.3) is 0 Å². The summed E-state index contributed by atoms with van der Waals surface area (Å²) >= 11 is 0. The SMILES string of the molecule is CNc1cc(C(=O)N2CCC(O)C(C)C2)c([N+](=O)[O-])cn1. The van der Waals surface area contributed by atoms with Crippen molar-refractivity contribution in [3.8, 4) is 0 Å². The molecule has 1 aliphatic heterocycles. The molecule has 1 fully saturated rings. The zero-order valence-electron chi connectivity index (χ0n) is 11.9. The second kappa shape index (κ2) is 6.04. The molecule has 1 amide bonds. The van der Waals surface area contributed by atoms with E-state index in [-0.39, 0.29) is 17.2 Å². The fourth-order valence-corrected chi connectivity index (χ4v) is 2.39. The van der Waals surface area contributed by atoms with Gasteiger partial charge in [0.2, 0.25) is 0 Å². The first kappa shape index (κ1) is 15.2. The summed E-state index contributed by atoms with van der Waals surface area (Å²) in [6.07, 6.45) is 1.13. The Balaban J connectivity index is 2.31. The minimum absolute atomic E-state index is 0.0166. The quantitative estimate of drug-likeness (QED) is 0.632. The molecule has 2 atom stereocenters. The fourth-order valence-electron chi connectivity index (χ4n) is 2.39. The number of aliphatic hydroxyl groups is 1. The fraction of sp³-hybridized carbons (Fsp3) is 0.538. The largest absolute Gasteiger partial charge is 0.393 e. The molecule has 2 N–H and O–H groups in total. The molecule has 21 heavy (non-hydrogen) atoms. The Morgan fingerprint density at radius 3 is 2.90 bits per heavy atom. The van der Waals surface area contributed by atoms with E-state index in [1.54, 1.807) is 11.9 Å². The first-order chi connectivity index (χ1) is 9.93. The van der Waals surface area contributed by atoms with Gasteiger partial charge in [-0.1, -0.05) is 6.92 Å². The van der Waals surface area contributed by atoms with E-state index in [4.69, 9.17) is 0 Å². The minimum Gasteiger partial charge on any atom is -0.393 e. The number of aliphatic hydroxyl groups excluding tert-OH is 1. The summed E-state index contributed by atoms with van der Waals surface area (Å²) in [5, 5.41) is 23.5. The maximum atomic E-state index is 12.5. The number of pyridine rings is 1. The van der Waals surface area contributed by atoms with Crippen LogP contribution < -0.4 is 5.32 Å². The third-order valence-electron chi connectivity index (χ3n) is 3.71. The second-order valence-corrected chi connectivity index (χ2v) is 5.18. The highest BCUT2D eigenvalue weighted by atomic mass is 16.6. The van der Waals surface area contributed by atoms with Crippen molar-refractivity contribution >= 4 is 17.4 Å². The van der Waals surface area contributed by atoms with Gasteiger partial charge in [-0.05, 0) is 12.3 Å². The molecule has 2 heterocycles. The smallest absolute Gasteiger partial charge is 0.300 e. The van der Waals surface area contributed by atoms with Crippen LogP contribution in [-0.4, -0.2) is 52.1 Å². The van der Waals surface area contributed by atoms with Crippen molar-refractivity contribution < 1.29 is 14.8 Å². The molecule has 0 radical (unpaired) electrons. The van der Waals surface area contributed by atoms with Gasteiger partial charge in [0.05, 0.1) is 11.0 Å². The van der Waals surface area contributed by atoms with Crippen molar-refractivity contribution in [2.24, 2.45) is 5.92 Å². The molecule has 8 heteroatoms. The van der Waals surface area contributed by atoms with Crippen molar-refractivity contribution in [2.45, 2.75) is 19.4 Å². The molecule has 2 unspecified atom stereocenters. The highest BCUT2D eigenvalue weighted by Gasteiger charge is 2.31. The average molecular weight is 294 g/mol. The number of aromatic nitrogens is 1. The summed E-state index contributed by atoms with van der Waals surface area (Å²) in [6.45, 7) is 2.62. The molecular weight excluding hydrogens is 276 g/mol. The van der Waals surface area contributed by atoms with E-state index in [0.29, 0.717) is 25.3 Å². The predicted octanol–water partition coefficient (Wildman–Crippen LogP) is 0.874. The summed E-state index contributed by atoms with van der Waals surface area (Å²) in [5.41, 5.74) is -0.291. The van der Waals surface area contributed by atoms with Gasteiger partial charge < -0.3 is 15.3 Å². The van der Waals surface area contributed by atoms with Crippen LogP contribution in [0.15, 0.2) is 12.3 Å². The molecule has 1 saturated heterocycles. The first-order valence-electron chi connectivity index (χ1n) is 6.73. The van der Waals surface area contributed by atoms with Crippen LogP contribution in [0.4, 0.5) is 11.5 Å². The Morgan fingerprint density at radius 1 is 1.62 bits per heavy atom. The Labute approximate surface area is 121 Å². The monoisotopic (exact) mass is 294 g/mol. The van der Waals surface area contributed by atoms with Crippen LogP contribution in [0.1, 0.15) is 23.7 Å². The van der Waals surface area contributed by atoms with E-state index in [0.717, 1.165) is 6.20 Å². The average Bonchev–Trinajstić information content (AvgIpc) is 2.48. The summed E-state index contributed by atoms with van der Waals surface area (Å²) in [6, 6.07) is 1.39. The van der Waals surface area contributed by atoms with Gasteiger partial charge in [-0.15, -0.1) is 0 Å². The molecule has 114 valence electrons. The zero-order chi connectivity index (χ0) is 15.6. The Kier molecular flexibility index (Phi) is 4.37. The number of nitro groups is 1. The molecule has 1 aromatic heterocycles. The zero-order valence-corrected chi connectivity index (χ0v) is 11.9. The van der Waals surface area contributed by atoms with Gasteiger partial charge in [0.15, 0.2) is 0 Å². The number of nitrogens with zero attached hydrogens (tertiary/aromatic N) is 3. The summed E-state index contributed by atoms with van der Waals surface area (Å²) in [7, 11) is 1.63. The van der Waals surface area contributed by atoms with Gasteiger partial charge in [0.1, 0.15) is 17.6 Å². The summed E-state index contributed by atoms with van der Waals surface area (Å²) in [4.78, 5) is 28.4. The lowest BCUT2D eigenvalue weighted by Crippen LogP contribution is -2.45. The van der Waals surface area contributed by atoms with Gasteiger partial charge in [-0.25, -0.2) is 4.98 Å². The predicted molar refractivity (Wildman–Crippen MR) is 76.1 cm³/mol. The molecule has 0 aliphatic carbocycles. The van der Waals surface area contributed by atoms with Gasteiger partial charge >= 0.3 is 0 Å². The molecule has 2 rings (SSSR count). The van der Waals surface area contributed by atoms with Gasteiger partial charge in [0.25, 0.3) is 11.6 Å². The number of hydrogen-bond acceptors (Lipinski definition) is 6. The Bertz CT molecular complexity index is 563. The molecule has 1 aromatic rings. The van der Waals surface area contributed by atoms with Crippen LogP contribution in [0.2, 0.25) is 0 Å². The topological polar surface area (TPSA) is 109 Å². The number of carbonyl (C=O) groups excluding carboxylic acids is 1. The maximum absolute atomic E-state index is 12.5. The standard InChI is InChI=1S/C13H18N4O4/c1-8-7-16(4-3-11(8)18)13(19)9-5-12(14-2)15-6-10(9)17(20)21/h5-6,8,11,18H,3-4,7H2,1-2H3,(H,14,15). The van der Waals surface area contributed by atoms with E-state index in [1.165, 1.54) is 6.07 Å². The molecule has 0 spiro atoms. The number of nitrogens with one attached hydrogen (secondary N) is 1. The Morgan fingerprint density at radius 2 is 2.33 bits per heavy atom. The van der Waals surface area contributed by atoms with Gasteiger partial charge in [-0.3, -0.25) is 14.9 Å². The van der Waals surface area contributed by atoms with Crippen LogP contribution in [0.3, 0.4) is 0 Å². The minimum atomic E-state index is -0.609. The van der Waals surface area contributed by atoms with Crippen molar-refractivity contribution in [3.05, 3.63) is 27.9 Å². The van der Waals surface area contributed by atoms with E-state index >= 15 is 0 Å². The number of likely N-dealkylation sites (tertiary alicyclic amines) is 1. The van der Waals surface area contributed by atoms with Gasteiger partial charge in [0, 0.05) is 26.2 Å². The highest BCUT2D eigenvalue weighted by Crippen LogP contribution is 2.25. The third kappa shape index (κ3) is 3.10. The van der Waals surface area contributed by atoms with Crippen LogP contribution in [0.5, 0.6) is 0 Å². The number of carbonyl (C=O) groups is 1. The first-order valence-corrected chi connectivity index (χ1v) is 6.73. The van der Waals surface area contributed by atoms with Crippen molar-refractivity contribution in [1.82, 2.24) is 9.88 Å². The summed E-state index contributed by atoms with van der Waals surface area (Å²) in [5.74, 6) is -0.0549. The van der Waals surface area contributed by atoms with Crippen LogP contribution >= 0.6 is 0 Å². The third-order valence-corrected chi connectivity index (χ3v) is 3.71. The number of anilines is 1. The molecule has 8 nitrogen and oxygen atoms in total. The van der Waals surface area contributed by atoms with Crippen molar-refractivity contribution in [1.29, 1.82) is 0 Å². The lowest BCUT2D eigenvalue weighted by Gasteiger charge is -2.34. The van der Waals surface area contributed by atoms with Gasteiger partial charge in [-0.2, -0.15) is 0 Å². The number of piperidine rings is 1. The lowest BCUT2D eigenvalue weighted by molar-refractivity contribution is -0.385. The second-order valence-electron chi connectivity index (χ2n) is 5.18.